The first kappa shape index (κ1) is 21.6. The molecule has 6 heteroatoms. The van der Waals surface area contributed by atoms with E-state index >= 15 is 0 Å². The predicted octanol–water partition coefficient (Wildman–Crippen LogP) is 3.53. The van der Waals surface area contributed by atoms with E-state index in [-0.39, 0.29) is 17.9 Å². The number of carbonyl (C=O) groups is 2. The highest BCUT2D eigenvalue weighted by Crippen LogP contribution is 2.32. The number of nitrogens with zero attached hydrogens (tertiary/aromatic N) is 3. The van der Waals surface area contributed by atoms with Crippen LogP contribution in [0, 0.1) is 0 Å². The van der Waals surface area contributed by atoms with Gasteiger partial charge in [-0.1, -0.05) is 12.1 Å². The average Bonchev–Trinajstić information content (AvgIpc) is 2.99. The van der Waals surface area contributed by atoms with Gasteiger partial charge < -0.3 is 9.64 Å². The summed E-state index contributed by atoms with van der Waals surface area (Å²) in [5.74, 6) is 0.277. The van der Waals surface area contributed by atoms with E-state index in [1.165, 1.54) is 4.90 Å². The summed E-state index contributed by atoms with van der Waals surface area (Å²) in [5, 5.41) is 0. The lowest BCUT2D eigenvalue weighted by molar-refractivity contribution is -0.137. The van der Waals surface area contributed by atoms with Crippen molar-refractivity contribution in [2.24, 2.45) is 0 Å². The number of ether oxygens (including phenoxy) is 1. The number of imide groups is 1. The number of aromatic nitrogens is 1. The first-order valence-corrected chi connectivity index (χ1v) is 10.5. The molecule has 0 N–H and O–H groups in total. The number of pyridine rings is 1. The molecule has 1 aliphatic rings. The molecule has 158 valence electrons. The van der Waals surface area contributed by atoms with Crippen LogP contribution in [0.25, 0.3) is 5.57 Å². The van der Waals surface area contributed by atoms with Crippen molar-refractivity contribution in [1.82, 2.24) is 14.8 Å². The molecule has 2 amide bonds. The van der Waals surface area contributed by atoms with Crippen LogP contribution < -0.4 is 4.74 Å². The normalized spacial score (nSPS) is 14.1. The predicted molar refractivity (Wildman–Crippen MR) is 117 cm³/mol. The van der Waals surface area contributed by atoms with E-state index in [9.17, 15) is 9.59 Å². The Balaban J connectivity index is 1.95. The van der Waals surface area contributed by atoms with Crippen LogP contribution in [0.1, 0.15) is 38.8 Å². The Labute approximate surface area is 178 Å². The van der Waals surface area contributed by atoms with E-state index in [1.54, 1.807) is 12.4 Å². The second kappa shape index (κ2) is 9.57. The van der Waals surface area contributed by atoms with E-state index in [0.717, 1.165) is 23.3 Å². The maximum Gasteiger partial charge on any atom is 0.277 e. The molecule has 2 heterocycles. The summed E-state index contributed by atoms with van der Waals surface area (Å²) < 4.78 is 5.71. The molecule has 1 aliphatic heterocycles. The molecule has 1 aromatic carbocycles. The number of carbonyl (C=O) groups excluding carboxylic acids is 2. The SMILES string of the molecule is CCN(CCc1ccncc1)C1=C(c2ccc(OC(C)C)cc2)C(=O)N(CC)C1=O. The van der Waals surface area contributed by atoms with Crippen molar-refractivity contribution in [3.8, 4) is 5.75 Å². The fourth-order valence-corrected chi connectivity index (χ4v) is 3.62. The van der Waals surface area contributed by atoms with Crippen molar-refractivity contribution in [2.75, 3.05) is 19.6 Å². The third-order valence-corrected chi connectivity index (χ3v) is 5.09. The van der Waals surface area contributed by atoms with E-state index < -0.39 is 0 Å². The van der Waals surface area contributed by atoms with Crippen molar-refractivity contribution in [1.29, 1.82) is 0 Å². The Bertz CT molecular complexity index is 920. The molecule has 0 spiro atoms. The van der Waals surface area contributed by atoms with Crippen LogP contribution in [0.3, 0.4) is 0 Å². The number of hydrogen-bond acceptors (Lipinski definition) is 5. The molecule has 6 nitrogen and oxygen atoms in total. The highest BCUT2D eigenvalue weighted by Gasteiger charge is 2.40. The van der Waals surface area contributed by atoms with Crippen LogP contribution in [-0.4, -0.2) is 52.3 Å². The Morgan fingerprint density at radius 2 is 1.67 bits per heavy atom. The van der Waals surface area contributed by atoms with Crippen molar-refractivity contribution in [3.63, 3.8) is 0 Å². The minimum absolute atomic E-state index is 0.0691. The maximum absolute atomic E-state index is 13.1. The molecule has 0 saturated heterocycles. The van der Waals surface area contributed by atoms with Gasteiger partial charge >= 0.3 is 0 Å². The molecular formula is C24H29N3O3. The molecule has 0 aliphatic carbocycles. The lowest BCUT2D eigenvalue weighted by atomic mass is 10.0. The number of amides is 2. The quantitative estimate of drug-likeness (QED) is 0.595. The average molecular weight is 408 g/mol. The Hall–Kier alpha value is -3.15. The van der Waals surface area contributed by atoms with Gasteiger partial charge in [-0.25, -0.2) is 0 Å². The number of hydrogen-bond donors (Lipinski definition) is 0. The summed E-state index contributed by atoms with van der Waals surface area (Å²) >= 11 is 0. The largest absolute Gasteiger partial charge is 0.491 e. The number of rotatable bonds is 9. The molecule has 2 aromatic rings. The molecule has 0 radical (unpaired) electrons. The lowest BCUT2D eigenvalue weighted by Gasteiger charge is -2.24. The molecule has 0 bridgehead atoms. The fourth-order valence-electron chi connectivity index (χ4n) is 3.62. The van der Waals surface area contributed by atoms with Crippen LogP contribution in [0.15, 0.2) is 54.5 Å². The van der Waals surface area contributed by atoms with Gasteiger partial charge in [-0.15, -0.1) is 0 Å². The van der Waals surface area contributed by atoms with Crippen molar-refractivity contribution in [3.05, 3.63) is 65.6 Å². The summed E-state index contributed by atoms with van der Waals surface area (Å²) in [7, 11) is 0. The van der Waals surface area contributed by atoms with Gasteiger partial charge in [0.1, 0.15) is 11.4 Å². The molecule has 0 atom stereocenters. The second-order valence-corrected chi connectivity index (χ2v) is 7.45. The molecule has 30 heavy (non-hydrogen) atoms. The number of benzene rings is 1. The zero-order valence-electron chi connectivity index (χ0n) is 18.1. The zero-order valence-corrected chi connectivity index (χ0v) is 18.1. The first-order valence-electron chi connectivity index (χ1n) is 10.5. The van der Waals surface area contributed by atoms with Gasteiger partial charge in [-0.05, 0) is 69.5 Å². The summed E-state index contributed by atoms with van der Waals surface area (Å²) in [6.07, 6.45) is 4.36. The minimum atomic E-state index is -0.239. The summed E-state index contributed by atoms with van der Waals surface area (Å²) in [6.45, 7) is 9.39. The zero-order chi connectivity index (χ0) is 21.7. The second-order valence-electron chi connectivity index (χ2n) is 7.45. The van der Waals surface area contributed by atoms with E-state index in [4.69, 9.17) is 4.74 Å². The monoisotopic (exact) mass is 407 g/mol. The van der Waals surface area contributed by atoms with Gasteiger partial charge in [0.2, 0.25) is 0 Å². The van der Waals surface area contributed by atoms with Crippen molar-refractivity contribution >= 4 is 17.4 Å². The molecule has 0 fully saturated rings. The highest BCUT2D eigenvalue weighted by atomic mass is 16.5. The van der Waals surface area contributed by atoms with Gasteiger partial charge in [0.15, 0.2) is 0 Å². The molecule has 0 saturated carbocycles. The smallest absolute Gasteiger partial charge is 0.277 e. The summed E-state index contributed by atoms with van der Waals surface area (Å²) in [6, 6.07) is 11.3. The third kappa shape index (κ3) is 4.53. The van der Waals surface area contributed by atoms with Crippen LogP contribution >= 0.6 is 0 Å². The summed E-state index contributed by atoms with van der Waals surface area (Å²) in [4.78, 5) is 33.6. The van der Waals surface area contributed by atoms with Crippen molar-refractivity contribution < 1.29 is 14.3 Å². The molecule has 0 unspecified atom stereocenters. The first-order chi connectivity index (χ1) is 14.5. The van der Waals surface area contributed by atoms with Gasteiger partial charge in [0.25, 0.3) is 11.8 Å². The van der Waals surface area contributed by atoms with Crippen LogP contribution in [0.2, 0.25) is 0 Å². The maximum atomic E-state index is 13.1. The Kier molecular flexibility index (Phi) is 6.87. The third-order valence-electron chi connectivity index (χ3n) is 5.09. The highest BCUT2D eigenvalue weighted by molar-refractivity contribution is 6.35. The molecular weight excluding hydrogens is 378 g/mol. The Morgan fingerprint density at radius 1 is 1.00 bits per heavy atom. The molecule has 3 rings (SSSR count). The van der Waals surface area contributed by atoms with Gasteiger partial charge in [0.05, 0.1) is 11.7 Å². The van der Waals surface area contributed by atoms with Crippen LogP contribution in [-0.2, 0) is 16.0 Å². The van der Waals surface area contributed by atoms with Gasteiger partial charge in [-0.2, -0.15) is 0 Å². The van der Waals surface area contributed by atoms with Crippen LogP contribution in [0.4, 0.5) is 0 Å². The summed E-state index contributed by atoms with van der Waals surface area (Å²) in [5.41, 5.74) is 2.83. The minimum Gasteiger partial charge on any atom is -0.491 e. The fraction of sp³-hybridized carbons (Fsp3) is 0.375. The Morgan fingerprint density at radius 3 is 2.23 bits per heavy atom. The van der Waals surface area contributed by atoms with E-state index in [2.05, 4.69) is 4.98 Å². The van der Waals surface area contributed by atoms with Gasteiger partial charge in [-0.3, -0.25) is 19.5 Å². The lowest BCUT2D eigenvalue weighted by Crippen LogP contribution is -2.35. The standard InChI is InChI=1S/C24H29N3O3/c1-5-26(16-13-18-11-14-25-15-12-18)22-21(23(28)27(6-2)24(22)29)19-7-9-20(10-8-19)30-17(3)4/h7-12,14-15,17H,5-6,13,16H2,1-4H3. The topological polar surface area (TPSA) is 62.7 Å². The van der Waals surface area contributed by atoms with Gasteiger partial charge in [0, 0.05) is 32.0 Å². The van der Waals surface area contributed by atoms with Crippen LogP contribution in [0.5, 0.6) is 5.75 Å². The van der Waals surface area contributed by atoms with E-state index in [0.29, 0.717) is 30.9 Å². The van der Waals surface area contributed by atoms with E-state index in [1.807, 2.05) is 69.0 Å². The van der Waals surface area contributed by atoms with Crippen molar-refractivity contribution in [2.45, 2.75) is 40.2 Å². The molecule has 1 aromatic heterocycles. The number of likely N-dealkylation sites (N-methyl/N-ethyl adjacent to an activating group) is 2.